The Morgan fingerprint density at radius 3 is 2.75 bits per heavy atom. The maximum absolute atomic E-state index is 11.9. The summed E-state index contributed by atoms with van der Waals surface area (Å²) in [5.41, 5.74) is 6.73. The van der Waals surface area contributed by atoms with Gasteiger partial charge in [0.1, 0.15) is 0 Å². The molecule has 6 heteroatoms. The average molecular weight is 343 g/mol. The molecule has 0 aliphatic carbocycles. The minimum Gasteiger partial charge on any atom is -0.469 e. The lowest BCUT2D eigenvalue weighted by Crippen LogP contribution is -2.25. The highest BCUT2D eigenvalue weighted by Gasteiger charge is 2.10. The largest absolute Gasteiger partial charge is 0.469 e. The molecule has 5 nitrogen and oxygen atoms in total. The highest BCUT2D eigenvalue weighted by molar-refractivity contribution is 9.10. The zero-order chi connectivity index (χ0) is 15.0. The van der Waals surface area contributed by atoms with Gasteiger partial charge in [-0.3, -0.25) is 9.59 Å². The number of halogens is 1. The Morgan fingerprint density at radius 2 is 2.05 bits per heavy atom. The zero-order valence-corrected chi connectivity index (χ0v) is 13.0. The van der Waals surface area contributed by atoms with Crippen molar-refractivity contribution in [3.63, 3.8) is 0 Å². The number of nitrogen functional groups attached to an aromatic ring is 1. The van der Waals surface area contributed by atoms with Gasteiger partial charge in [0.05, 0.1) is 18.4 Å². The number of anilines is 1. The molecular formula is C14H19BrN2O3. The van der Waals surface area contributed by atoms with Gasteiger partial charge in [0, 0.05) is 17.4 Å². The summed E-state index contributed by atoms with van der Waals surface area (Å²) in [4.78, 5) is 22.8. The third-order valence-corrected chi connectivity index (χ3v) is 3.56. The zero-order valence-electron chi connectivity index (χ0n) is 11.4. The van der Waals surface area contributed by atoms with Gasteiger partial charge in [0.15, 0.2) is 0 Å². The third-order valence-electron chi connectivity index (χ3n) is 2.87. The number of rotatable bonds is 7. The van der Waals surface area contributed by atoms with Crippen molar-refractivity contribution in [1.82, 2.24) is 5.32 Å². The van der Waals surface area contributed by atoms with E-state index >= 15 is 0 Å². The first-order valence-corrected chi connectivity index (χ1v) is 7.24. The van der Waals surface area contributed by atoms with E-state index in [9.17, 15) is 9.59 Å². The summed E-state index contributed by atoms with van der Waals surface area (Å²) >= 11 is 3.29. The summed E-state index contributed by atoms with van der Waals surface area (Å²) in [6.07, 6.45) is 2.87. The van der Waals surface area contributed by atoms with Gasteiger partial charge < -0.3 is 15.8 Å². The Labute approximate surface area is 127 Å². The van der Waals surface area contributed by atoms with Crippen molar-refractivity contribution in [3.8, 4) is 0 Å². The molecule has 3 N–H and O–H groups in total. The second-order valence-corrected chi connectivity index (χ2v) is 5.20. The number of hydrogen-bond donors (Lipinski definition) is 2. The van der Waals surface area contributed by atoms with E-state index in [1.807, 2.05) is 0 Å². The second kappa shape index (κ2) is 8.58. The molecule has 0 saturated carbocycles. The van der Waals surface area contributed by atoms with Crippen molar-refractivity contribution < 1.29 is 14.3 Å². The van der Waals surface area contributed by atoms with Crippen LogP contribution in [0.4, 0.5) is 5.69 Å². The summed E-state index contributed by atoms with van der Waals surface area (Å²) in [5, 5.41) is 2.81. The number of methoxy groups -OCH3 is 1. The molecule has 110 valence electrons. The molecular weight excluding hydrogens is 324 g/mol. The maximum atomic E-state index is 11.9. The molecule has 1 aromatic carbocycles. The van der Waals surface area contributed by atoms with Crippen LogP contribution in [0, 0.1) is 0 Å². The van der Waals surface area contributed by atoms with Crippen LogP contribution in [0.25, 0.3) is 0 Å². The smallest absolute Gasteiger partial charge is 0.305 e. The van der Waals surface area contributed by atoms with E-state index in [0.29, 0.717) is 28.7 Å². The number of hydrogen-bond acceptors (Lipinski definition) is 4. The first-order valence-electron chi connectivity index (χ1n) is 6.45. The number of esters is 1. The molecule has 0 aliphatic heterocycles. The predicted molar refractivity (Wildman–Crippen MR) is 81.4 cm³/mol. The molecule has 1 rings (SSSR count). The number of ether oxygens (including phenoxy) is 1. The van der Waals surface area contributed by atoms with E-state index in [4.69, 9.17) is 5.73 Å². The van der Waals surface area contributed by atoms with E-state index in [1.54, 1.807) is 18.2 Å². The third kappa shape index (κ3) is 5.21. The highest BCUT2D eigenvalue weighted by Crippen LogP contribution is 2.22. The van der Waals surface area contributed by atoms with Crippen LogP contribution in [0.2, 0.25) is 0 Å². The first kappa shape index (κ1) is 16.5. The number of para-hydroxylation sites is 1. The lowest BCUT2D eigenvalue weighted by atomic mass is 10.1. The Hall–Kier alpha value is -1.56. The second-order valence-electron chi connectivity index (χ2n) is 4.34. The molecule has 0 atom stereocenters. The number of amides is 1. The molecule has 0 saturated heterocycles. The summed E-state index contributed by atoms with van der Waals surface area (Å²) in [7, 11) is 1.38. The highest BCUT2D eigenvalue weighted by atomic mass is 79.9. The molecule has 0 fully saturated rings. The lowest BCUT2D eigenvalue weighted by Gasteiger charge is -2.08. The number of benzene rings is 1. The summed E-state index contributed by atoms with van der Waals surface area (Å²) in [6.45, 7) is 0.561. The van der Waals surface area contributed by atoms with Crippen LogP contribution in [0.15, 0.2) is 22.7 Å². The van der Waals surface area contributed by atoms with E-state index in [2.05, 4.69) is 26.0 Å². The van der Waals surface area contributed by atoms with Crippen molar-refractivity contribution in [2.75, 3.05) is 19.4 Å². The van der Waals surface area contributed by atoms with Crippen molar-refractivity contribution in [1.29, 1.82) is 0 Å². The van der Waals surface area contributed by atoms with Gasteiger partial charge >= 0.3 is 5.97 Å². The van der Waals surface area contributed by atoms with Gasteiger partial charge in [-0.15, -0.1) is 0 Å². The van der Waals surface area contributed by atoms with E-state index in [1.165, 1.54) is 7.11 Å². The topological polar surface area (TPSA) is 81.4 Å². The van der Waals surface area contributed by atoms with Crippen LogP contribution in [0.3, 0.4) is 0 Å². The lowest BCUT2D eigenvalue weighted by molar-refractivity contribution is -0.140. The van der Waals surface area contributed by atoms with Crippen LogP contribution in [0.5, 0.6) is 0 Å². The fourth-order valence-electron chi connectivity index (χ4n) is 1.71. The van der Waals surface area contributed by atoms with Crippen molar-refractivity contribution >= 4 is 33.5 Å². The Balaban J connectivity index is 2.27. The fourth-order valence-corrected chi connectivity index (χ4v) is 2.07. The number of carbonyl (C=O) groups is 2. The predicted octanol–water partition coefficient (Wildman–Crippen LogP) is 2.49. The molecule has 0 aliphatic rings. The normalized spacial score (nSPS) is 10.1. The Bertz CT molecular complexity index is 477. The molecule has 1 aromatic rings. The molecule has 0 unspecified atom stereocenters. The number of nitrogens with two attached hydrogens (primary N) is 1. The molecule has 0 heterocycles. The van der Waals surface area contributed by atoms with Crippen LogP contribution in [-0.2, 0) is 9.53 Å². The van der Waals surface area contributed by atoms with E-state index in [-0.39, 0.29) is 11.9 Å². The van der Waals surface area contributed by atoms with Crippen LogP contribution in [0.1, 0.15) is 36.0 Å². The van der Waals surface area contributed by atoms with Gasteiger partial charge in [-0.2, -0.15) is 0 Å². The maximum Gasteiger partial charge on any atom is 0.305 e. The van der Waals surface area contributed by atoms with Gasteiger partial charge in [-0.1, -0.05) is 12.5 Å². The Kier molecular flexibility index (Phi) is 7.08. The number of unbranched alkanes of at least 4 members (excludes halogenated alkanes) is 2. The van der Waals surface area contributed by atoms with Crippen molar-refractivity contribution in [2.45, 2.75) is 25.7 Å². The number of nitrogens with one attached hydrogen (secondary N) is 1. The van der Waals surface area contributed by atoms with Gasteiger partial charge in [0.25, 0.3) is 5.91 Å². The molecule has 0 aromatic heterocycles. The molecule has 1 amide bonds. The average Bonchev–Trinajstić information content (AvgIpc) is 2.44. The quantitative estimate of drug-likeness (QED) is 0.453. The van der Waals surface area contributed by atoms with Gasteiger partial charge in [0.2, 0.25) is 0 Å². The molecule has 0 radical (unpaired) electrons. The van der Waals surface area contributed by atoms with Crippen molar-refractivity contribution in [3.05, 3.63) is 28.2 Å². The summed E-state index contributed by atoms with van der Waals surface area (Å²) in [5.74, 6) is -0.382. The van der Waals surface area contributed by atoms with Gasteiger partial charge in [-0.05, 0) is 40.9 Å². The van der Waals surface area contributed by atoms with Crippen LogP contribution in [-0.4, -0.2) is 25.5 Å². The summed E-state index contributed by atoms with van der Waals surface area (Å²) < 4.78 is 5.26. The van der Waals surface area contributed by atoms with Crippen LogP contribution < -0.4 is 11.1 Å². The molecule has 0 bridgehead atoms. The number of carbonyl (C=O) groups excluding carboxylic acids is 2. The standard InChI is InChI=1S/C14H19BrN2O3/c1-20-12(18)8-3-2-4-9-17-14(19)10-6-5-7-11(15)13(10)16/h5-7H,2-4,8-9,16H2,1H3,(H,17,19). The first-order chi connectivity index (χ1) is 9.56. The minimum atomic E-state index is -0.198. The van der Waals surface area contributed by atoms with Crippen LogP contribution >= 0.6 is 15.9 Å². The van der Waals surface area contributed by atoms with Gasteiger partial charge in [-0.25, -0.2) is 0 Å². The van der Waals surface area contributed by atoms with E-state index in [0.717, 1.165) is 19.3 Å². The minimum absolute atomic E-state index is 0.184. The Morgan fingerprint density at radius 1 is 1.30 bits per heavy atom. The molecule has 0 spiro atoms. The van der Waals surface area contributed by atoms with E-state index < -0.39 is 0 Å². The van der Waals surface area contributed by atoms with Crippen molar-refractivity contribution in [2.24, 2.45) is 0 Å². The summed E-state index contributed by atoms with van der Waals surface area (Å²) in [6, 6.07) is 5.25. The molecule has 20 heavy (non-hydrogen) atoms. The SMILES string of the molecule is COC(=O)CCCCCNC(=O)c1cccc(Br)c1N. The monoisotopic (exact) mass is 342 g/mol. The fraction of sp³-hybridized carbons (Fsp3) is 0.429.